The summed E-state index contributed by atoms with van der Waals surface area (Å²) in [6, 6.07) is 1.85. The lowest BCUT2D eigenvalue weighted by atomic mass is 10.2. The van der Waals surface area contributed by atoms with Crippen LogP contribution in [-0.2, 0) is 19.9 Å². The van der Waals surface area contributed by atoms with E-state index in [4.69, 9.17) is 5.26 Å². The van der Waals surface area contributed by atoms with E-state index in [9.17, 15) is 16.8 Å². The molecule has 0 bridgehead atoms. The summed E-state index contributed by atoms with van der Waals surface area (Å²) < 4.78 is 49.5. The smallest absolute Gasteiger partial charge is 0.218 e. The molecule has 2 fully saturated rings. The van der Waals surface area contributed by atoms with E-state index in [0.29, 0.717) is 0 Å². The van der Waals surface area contributed by atoms with Crippen molar-refractivity contribution in [2.24, 2.45) is 0 Å². The standard InChI is InChI=1S/C12H20N2O4S2/c13-7-8-14(11-3-1-2-4-11)20(17,18)12-5-9-19(15,16)10-6-12/h11-12H,1-6,8-10H2. The van der Waals surface area contributed by atoms with Gasteiger partial charge in [-0.3, -0.25) is 0 Å². The topological polar surface area (TPSA) is 95.3 Å². The van der Waals surface area contributed by atoms with Crippen LogP contribution in [0.3, 0.4) is 0 Å². The molecule has 0 spiro atoms. The van der Waals surface area contributed by atoms with Crippen molar-refractivity contribution in [3.8, 4) is 6.07 Å². The van der Waals surface area contributed by atoms with Crippen LogP contribution in [0.4, 0.5) is 0 Å². The van der Waals surface area contributed by atoms with Gasteiger partial charge in [-0.15, -0.1) is 0 Å². The van der Waals surface area contributed by atoms with E-state index in [0.717, 1.165) is 25.7 Å². The van der Waals surface area contributed by atoms with E-state index in [2.05, 4.69) is 0 Å². The first-order chi connectivity index (χ1) is 9.37. The van der Waals surface area contributed by atoms with Crippen molar-refractivity contribution in [2.45, 2.75) is 49.8 Å². The van der Waals surface area contributed by atoms with Gasteiger partial charge in [0.05, 0.1) is 22.8 Å². The Morgan fingerprint density at radius 1 is 1.10 bits per heavy atom. The van der Waals surface area contributed by atoms with E-state index in [1.807, 2.05) is 6.07 Å². The zero-order chi connectivity index (χ0) is 14.8. The molecule has 114 valence electrons. The van der Waals surface area contributed by atoms with E-state index < -0.39 is 25.1 Å². The minimum Gasteiger partial charge on any atom is -0.229 e. The fourth-order valence-corrected chi connectivity index (χ4v) is 6.91. The van der Waals surface area contributed by atoms with Gasteiger partial charge in [-0.1, -0.05) is 12.8 Å². The SMILES string of the molecule is N#CCN(C1CCCC1)S(=O)(=O)C1CCS(=O)(=O)CC1. The third-order valence-corrected chi connectivity index (χ3v) is 8.32. The molecule has 0 amide bonds. The molecule has 0 aromatic heterocycles. The number of rotatable bonds is 4. The second-order valence-electron chi connectivity index (χ2n) is 5.54. The molecule has 6 nitrogen and oxygen atoms in total. The third kappa shape index (κ3) is 3.32. The summed E-state index contributed by atoms with van der Waals surface area (Å²) in [7, 11) is -6.65. The van der Waals surface area contributed by atoms with E-state index in [1.54, 1.807) is 0 Å². The Morgan fingerprint density at radius 3 is 2.15 bits per heavy atom. The highest BCUT2D eigenvalue weighted by atomic mass is 32.2. The Hall–Kier alpha value is -0.650. The molecule has 0 radical (unpaired) electrons. The summed E-state index contributed by atoms with van der Waals surface area (Å²) in [6.07, 6.45) is 3.87. The van der Waals surface area contributed by atoms with Crippen molar-refractivity contribution < 1.29 is 16.8 Å². The molecule has 0 aromatic carbocycles. The molecule has 1 aliphatic carbocycles. The van der Waals surface area contributed by atoms with Crippen molar-refractivity contribution in [2.75, 3.05) is 18.1 Å². The number of nitrogens with zero attached hydrogens (tertiary/aromatic N) is 2. The van der Waals surface area contributed by atoms with Gasteiger partial charge in [-0.2, -0.15) is 9.57 Å². The second-order valence-corrected chi connectivity index (χ2v) is 10.0. The number of sulfone groups is 1. The van der Waals surface area contributed by atoms with Gasteiger partial charge < -0.3 is 0 Å². The van der Waals surface area contributed by atoms with Crippen LogP contribution in [-0.4, -0.2) is 50.5 Å². The van der Waals surface area contributed by atoms with Crippen molar-refractivity contribution in [3.63, 3.8) is 0 Å². The summed E-state index contributed by atoms with van der Waals surface area (Å²) in [5.41, 5.74) is 0. The van der Waals surface area contributed by atoms with Crippen LogP contribution in [0.5, 0.6) is 0 Å². The minimum absolute atomic E-state index is 0.0675. The van der Waals surface area contributed by atoms with E-state index in [1.165, 1.54) is 4.31 Å². The second kappa shape index (κ2) is 6.00. The lowest BCUT2D eigenvalue weighted by Crippen LogP contribution is -2.46. The van der Waals surface area contributed by atoms with E-state index in [-0.39, 0.29) is 36.9 Å². The predicted octanol–water partition coefficient (Wildman–Crippen LogP) is 0.662. The predicted molar refractivity (Wildman–Crippen MR) is 75.2 cm³/mol. The molecule has 1 heterocycles. The fraction of sp³-hybridized carbons (Fsp3) is 0.917. The molecule has 8 heteroatoms. The quantitative estimate of drug-likeness (QED) is 0.709. The molecular weight excluding hydrogens is 300 g/mol. The Bertz CT molecular complexity index is 571. The molecular formula is C12H20N2O4S2. The van der Waals surface area contributed by atoms with Crippen molar-refractivity contribution in [1.82, 2.24) is 4.31 Å². The minimum atomic E-state index is -3.57. The monoisotopic (exact) mass is 320 g/mol. The summed E-state index contributed by atoms with van der Waals surface area (Å²) in [6.45, 7) is -0.129. The first-order valence-electron chi connectivity index (χ1n) is 6.95. The van der Waals surface area contributed by atoms with Crippen LogP contribution >= 0.6 is 0 Å². The van der Waals surface area contributed by atoms with Crippen molar-refractivity contribution in [1.29, 1.82) is 5.26 Å². The van der Waals surface area contributed by atoms with Gasteiger partial charge in [0.2, 0.25) is 10.0 Å². The summed E-state index contributed by atoms with van der Waals surface area (Å²) >= 11 is 0. The maximum atomic E-state index is 12.7. The maximum absolute atomic E-state index is 12.7. The fourth-order valence-electron chi connectivity index (χ4n) is 3.05. The van der Waals surface area contributed by atoms with Crippen molar-refractivity contribution >= 4 is 19.9 Å². The maximum Gasteiger partial charge on any atom is 0.218 e. The lowest BCUT2D eigenvalue weighted by Gasteiger charge is -2.31. The Kier molecular flexibility index (Phi) is 4.72. The number of sulfonamides is 1. The molecule has 1 aliphatic heterocycles. The summed E-state index contributed by atoms with van der Waals surface area (Å²) in [5, 5.41) is 8.24. The van der Waals surface area contributed by atoms with Gasteiger partial charge in [0, 0.05) is 6.04 Å². The van der Waals surface area contributed by atoms with Gasteiger partial charge in [0.1, 0.15) is 16.4 Å². The Morgan fingerprint density at radius 2 is 1.65 bits per heavy atom. The first-order valence-corrected chi connectivity index (χ1v) is 10.3. The average Bonchev–Trinajstić information content (AvgIpc) is 2.88. The highest BCUT2D eigenvalue weighted by molar-refractivity contribution is 7.92. The molecule has 2 rings (SSSR count). The van der Waals surface area contributed by atoms with Gasteiger partial charge in [0.15, 0.2) is 0 Å². The molecule has 1 saturated carbocycles. The Balaban J connectivity index is 2.16. The van der Waals surface area contributed by atoms with Crippen LogP contribution in [0, 0.1) is 11.3 Å². The third-order valence-electron chi connectivity index (χ3n) is 4.21. The molecule has 1 saturated heterocycles. The summed E-state index contributed by atoms with van der Waals surface area (Å²) in [4.78, 5) is 0. The molecule has 2 aliphatic rings. The lowest BCUT2D eigenvalue weighted by molar-refractivity contribution is 0.343. The highest BCUT2D eigenvalue weighted by Crippen LogP contribution is 2.30. The van der Waals surface area contributed by atoms with Crippen LogP contribution in [0.2, 0.25) is 0 Å². The molecule has 0 unspecified atom stereocenters. The van der Waals surface area contributed by atoms with Gasteiger partial charge in [-0.25, -0.2) is 16.8 Å². The number of hydrogen-bond donors (Lipinski definition) is 0. The van der Waals surface area contributed by atoms with Gasteiger partial charge >= 0.3 is 0 Å². The molecule has 0 atom stereocenters. The number of hydrogen-bond acceptors (Lipinski definition) is 5. The van der Waals surface area contributed by atoms with Gasteiger partial charge in [-0.05, 0) is 25.7 Å². The largest absolute Gasteiger partial charge is 0.229 e. The zero-order valence-electron chi connectivity index (χ0n) is 11.4. The van der Waals surface area contributed by atoms with Gasteiger partial charge in [0.25, 0.3) is 0 Å². The van der Waals surface area contributed by atoms with Crippen LogP contribution < -0.4 is 0 Å². The van der Waals surface area contributed by atoms with Crippen molar-refractivity contribution in [3.05, 3.63) is 0 Å². The van der Waals surface area contributed by atoms with Crippen LogP contribution in [0.1, 0.15) is 38.5 Å². The Labute approximate surface area is 120 Å². The molecule has 0 aromatic rings. The summed E-state index contributed by atoms with van der Waals surface area (Å²) in [5.74, 6) is -0.135. The molecule has 0 N–H and O–H groups in total. The zero-order valence-corrected chi connectivity index (χ0v) is 13.0. The number of nitriles is 1. The highest BCUT2D eigenvalue weighted by Gasteiger charge is 2.40. The van der Waals surface area contributed by atoms with Crippen LogP contribution in [0.25, 0.3) is 0 Å². The van der Waals surface area contributed by atoms with E-state index >= 15 is 0 Å². The van der Waals surface area contributed by atoms with Crippen LogP contribution in [0.15, 0.2) is 0 Å². The normalized spacial score (nSPS) is 24.8. The average molecular weight is 320 g/mol. The first kappa shape index (κ1) is 15.7. The molecule has 20 heavy (non-hydrogen) atoms.